The lowest BCUT2D eigenvalue weighted by Crippen LogP contribution is -2.15. The van der Waals surface area contributed by atoms with Gasteiger partial charge in [0.2, 0.25) is 0 Å². The maximum Gasteiger partial charge on any atom is 0.303 e. The van der Waals surface area contributed by atoms with Crippen LogP contribution in [-0.4, -0.2) is 29.7 Å². The molecule has 2 aromatic heterocycles. The standard InChI is InChI=1S/C16H16N2O3/c1-10(19)21-14(9-20-2)16-15-12(7-8-17-16)11-5-3-4-6-13(11)18-15/h3-8,14,18H,9H2,1-2H3. The van der Waals surface area contributed by atoms with Gasteiger partial charge in [0, 0.05) is 36.5 Å². The Labute approximate surface area is 121 Å². The maximum absolute atomic E-state index is 11.3. The van der Waals surface area contributed by atoms with Gasteiger partial charge < -0.3 is 14.5 Å². The van der Waals surface area contributed by atoms with E-state index in [9.17, 15) is 4.79 Å². The summed E-state index contributed by atoms with van der Waals surface area (Å²) in [5.74, 6) is -0.355. The molecule has 1 atom stereocenters. The molecule has 1 unspecified atom stereocenters. The van der Waals surface area contributed by atoms with Crippen LogP contribution < -0.4 is 0 Å². The highest BCUT2D eigenvalue weighted by molar-refractivity contribution is 6.07. The Morgan fingerprint density at radius 1 is 1.29 bits per heavy atom. The van der Waals surface area contributed by atoms with Gasteiger partial charge in [-0.1, -0.05) is 18.2 Å². The number of carbonyl (C=O) groups is 1. The molecule has 108 valence electrons. The normalized spacial score (nSPS) is 12.7. The van der Waals surface area contributed by atoms with E-state index < -0.39 is 6.10 Å². The lowest BCUT2D eigenvalue weighted by molar-refractivity contribution is -0.149. The first-order chi connectivity index (χ1) is 10.2. The summed E-state index contributed by atoms with van der Waals surface area (Å²) in [5, 5.41) is 2.18. The number of benzene rings is 1. The number of methoxy groups -OCH3 is 1. The maximum atomic E-state index is 11.3. The molecular formula is C16H16N2O3. The van der Waals surface area contributed by atoms with E-state index in [2.05, 4.69) is 16.0 Å². The van der Waals surface area contributed by atoms with Gasteiger partial charge in [0.05, 0.1) is 12.1 Å². The molecule has 3 rings (SSSR count). The van der Waals surface area contributed by atoms with Gasteiger partial charge in [-0.2, -0.15) is 0 Å². The molecule has 5 heteroatoms. The zero-order chi connectivity index (χ0) is 14.8. The number of ether oxygens (including phenoxy) is 2. The van der Waals surface area contributed by atoms with Crippen LogP contribution in [0.3, 0.4) is 0 Å². The van der Waals surface area contributed by atoms with E-state index in [0.29, 0.717) is 5.69 Å². The van der Waals surface area contributed by atoms with Crippen LogP contribution in [0.1, 0.15) is 18.7 Å². The largest absolute Gasteiger partial charge is 0.453 e. The van der Waals surface area contributed by atoms with E-state index in [1.165, 1.54) is 6.92 Å². The molecule has 0 saturated carbocycles. The van der Waals surface area contributed by atoms with Crippen molar-refractivity contribution in [1.82, 2.24) is 9.97 Å². The molecule has 2 heterocycles. The fourth-order valence-electron chi connectivity index (χ4n) is 2.56. The number of pyridine rings is 1. The van der Waals surface area contributed by atoms with Crippen molar-refractivity contribution in [1.29, 1.82) is 0 Å². The van der Waals surface area contributed by atoms with E-state index in [-0.39, 0.29) is 12.6 Å². The highest BCUT2D eigenvalue weighted by Crippen LogP contribution is 2.30. The number of para-hydroxylation sites is 1. The minimum atomic E-state index is -0.524. The van der Waals surface area contributed by atoms with Gasteiger partial charge in [-0.3, -0.25) is 9.78 Å². The Balaban J connectivity index is 2.19. The first-order valence-corrected chi connectivity index (χ1v) is 6.72. The number of nitrogens with zero attached hydrogens (tertiary/aromatic N) is 1. The number of hydrogen-bond acceptors (Lipinski definition) is 4. The lowest BCUT2D eigenvalue weighted by Gasteiger charge is -2.16. The molecule has 0 bridgehead atoms. The number of aromatic amines is 1. The van der Waals surface area contributed by atoms with Crippen molar-refractivity contribution >= 4 is 27.8 Å². The van der Waals surface area contributed by atoms with Crippen LogP contribution in [0.15, 0.2) is 36.5 Å². The molecule has 1 N–H and O–H groups in total. The molecule has 0 amide bonds. The molecule has 0 radical (unpaired) electrons. The van der Waals surface area contributed by atoms with Crippen molar-refractivity contribution < 1.29 is 14.3 Å². The summed E-state index contributed by atoms with van der Waals surface area (Å²) in [5.41, 5.74) is 2.59. The van der Waals surface area contributed by atoms with E-state index in [4.69, 9.17) is 9.47 Å². The summed E-state index contributed by atoms with van der Waals surface area (Å²) in [6.45, 7) is 1.65. The summed E-state index contributed by atoms with van der Waals surface area (Å²) < 4.78 is 10.5. The number of carbonyl (C=O) groups excluding carboxylic acids is 1. The average molecular weight is 284 g/mol. The number of rotatable bonds is 4. The van der Waals surface area contributed by atoms with Gasteiger partial charge in [-0.05, 0) is 12.1 Å². The van der Waals surface area contributed by atoms with E-state index >= 15 is 0 Å². The van der Waals surface area contributed by atoms with Gasteiger partial charge in [0.15, 0.2) is 6.10 Å². The summed E-state index contributed by atoms with van der Waals surface area (Å²) in [6.07, 6.45) is 1.20. The number of hydrogen-bond donors (Lipinski definition) is 1. The van der Waals surface area contributed by atoms with Crippen LogP contribution in [0.25, 0.3) is 21.8 Å². The van der Waals surface area contributed by atoms with Crippen LogP contribution in [0.2, 0.25) is 0 Å². The van der Waals surface area contributed by atoms with Crippen LogP contribution in [-0.2, 0) is 14.3 Å². The third kappa shape index (κ3) is 2.48. The minimum absolute atomic E-state index is 0.265. The van der Waals surface area contributed by atoms with Gasteiger partial charge in [0.25, 0.3) is 0 Å². The molecule has 0 aliphatic rings. The second-order valence-corrected chi connectivity index (χ2v) is 4.84. The highest BCUT2D eigenvalue weighted by Gasteiger charge is 2.20. The second kappa shape index (κ2) is 5.54. The Morgan fingerprint density at radius 3 is 2.86 bits per heavy atom. The molecule has 5 nitrogen and oxygen atoms in total. The van der Waals surface area contributed by atoms with E-state index in [1.54, 1.807) is 13.3 Å². The monoisotopic (exact) mass is 284 g/mol. The van der Waals surface area contributed by atoms with Crippen molar-refractivity contribution in [3.8, 4) is 0 Å². The Bertz CT molecular complexity index is 794. The van der Waals surface area contributed by atoms with Gasteiger partial charge in [-0.25, -0.2) is 0 Å². The predicted octanol–water partition coefficient (Wildman–Crippen LogP) is 2.97. The third-order valence-electron chi connectivity index (χ3n) is 3.39. The first kappa shape index (κ1) is 13.6. The number of aromatic nitrogens is 2. The Morgan fingerprint density at radius 2 is 2.10 bits per heavy atom. The molecule has 0 spiro atoms. The SMILES string of the molecule is COCC(OC(C)=O)c1nccc2c1[nH]c1ccccc12. The molecule has 3 aromatic rings. The topological polar surface area (TPSA) is 64.2 Å². The summed E-state index contributed by atoms with van der Waals surface area (Å²) >= 11 is 0. The molecular weight excluding hydrogens is 268 g/mol. The summed E-state index contributed by atoms with van der Waals surface area (Å²) in [6, 6.07) is 9.98. The Kier molecular flexibility index (Phi) is 3.58. The zero-order valence-electron chi connectivity index (χ0n) is 11.9. The van der Waals surface area contributed by atoms with Gasteiger partial charge in [-0.15, -0.1) is 0 Å². The number of esters is 1. The van der Waals surface area contributed by atoms with Crippen LogP contribution >= 0.6 is 0 Å². The number of fused-ring (bicyclic) bond motifs is 3. The molecule has 0 aliphatic heterocycles. The number of nitrogens with one attached hydrogen (secondary N) is 1. The van der Waals surface area contributed by atoms with E-state index in [0.717, 1.165) is 21.8 Å². The van der Waals surface area contributed by atoms with Crippen LogP contribution in [0, 0.1) is 0 Å². The molecule has 0 saturated heterocycles. The van der Waals surface area contributed by atoms with Crippen molar-refractivity contribution in [3.05, 3.63) is 42.2 Å². The minimum Gasteiger partial charge on any atom is -0.453 e. The molecule has 21 heavy (non-hydrogen) atoms. The smallest absolute Gasteiger partial charge is 0.303 e. The highest BCUT2D eigenvalue weighted by atomic mass is 16.6. The zero-order valence-corrected chi connectivity index (χ0v) is 11.9. The molecule has 1 aromatic carbocycles. The Hall–Kier alpha value is -2.40. The lowest BCUT2D eigenvalue weighted by atomic mass is 10.1. The first-order valence-electron chi connectivity index (χ1n) is 6.72. The second-order valence-electron chi connectivity index (χ2n) is 4.84. The van der Waals surface area contributed by atoms with Gasteiger partial charge in [0.1, 0.15) is 5.69 Å². The van der Waals surface area contributed by atoms with Crippen LogP contribution in [0.4, 0.5) is 0 Å². The van der Waals surface area contributed by atoms with E-state index in [1.807, 2.05) is 24.3 Å². The van der Waals surface area contributed by atoms with Crippen molar-refractivity contribution in [2.24, 2.45) is 0 Å². The quantitative estimate of drug-likeness (QED) is 0.748. The molecule has 0 aliphatic carbocycles. The average Bonchev–Trinajstić information content (AvgIpc) is 2.85. The fourth-order valence-corrected chi connectivity index (χ4v) is 2.56. The fraction of sp³-hybridized carbons (Fsp3) is 0.250. The van der Waals surface area contributed by atoms with Crippen molar-refractivity contribution in [2.75, 3.05) is 13.7 Å². The summed E-state index contributed by atoms with van der Waals surface area (Å²) in [7, 11) is 1.57. The van der Waals surface area contributed by atoms with Crippen molar-refractivity contribution in [2.45, 2.75) is 13.0 Å². The predicted molar refractivity (Wildman–Crippen MR) is 80.0 cm³/mol. The van der Waals surface area contributed by atoms with Crippen molar-refractivity contribution in [3.63, 3.8) is 0 Å². The number of H-pyrrole nitrogens is 1. The van der Waals surface area contributed by atoms with Crippen LogP contribution in [0.5, 0.6) is 0 Å². The third-order valence-corrected chi connectivity index (χ3v) is 3.39. The van der Waals surface area contributed by atoms with Gasteiger partial charge >= 0.3 is 5.97 Å². The molecule has 0 fully saturated rings. The summed E-state index contributed by atoms with van der Waals surface area (Å²) in [4.78, 5) is 19.0.